The molecule has 0 unspecified atom stereocenters. The van der Waals surface area contributed by atoms with Gasteiger partial charge in [0.2, 0.25) is 0 Å². The van der Waals surface area contributed by atoms with E-state index in [-0.39, 0.29) is 12.4 Å². The summed E-state index contributed by atoms with van der Waals surface area (Å²) in [7, 11) is -1.18. The van der Waals surface area contributed by atoms with Crippen LogP contribution in [0.15, 0.2) is 58.3 Å². The molecule has 90 valence electrons. The highest BCUT2D eigenvalue weighted by atomic mass is 35.5. The Bertz CT molecular complexity index is 461. The molecule has 2 rings (SSSR count). The minimum absolute atomic E-state index is 0. The van der Waals surface area contributed by atoms with Crippen molar-refractivity contribution in [2.24, 2.45) is 0 Å². The van der Waals surface area contributed by atoms with Gasteiger partial charge in [0.25, 0.3) is 0 Å². The number of benzene rings is 2. The lowest BCUT2D eigenvalue weighted by Crippen LogP contribution is -1.91. The number of hydrogen-bond donors (Lipinski definition) is 0. The maximum absolute atomic E-state index is 12.1. The molecule has 17 heavy (non-hydrogen) atoms. The summed E-state index contributed by atoms with van der Waals surface area (Å²) in [6, 6.07) is 13.9. The first-order valence-electron chi connectivity index (χ1n) is 4.60. The standard InChI is InChI=1S/C12H8Cl2OS.ClH/c13-9-1-5-11(6-2-9)16(15)12-7-3-10(14)4-8-12;/h1-8H;1H. The van der Waals surface area contributed by atoms with Crippen LogP contribution in [0.1, 0.15) is 0 Å². The van der Waals surface area contributed by atoms with Crippen molar-refractivity contribution < 1.29 is 4.21 Å². The van der Waals surface area contributed by atoms with Crippen LogP contribution in [0.4, 0.5) is 0 Å². The van der Waals surface area contributed by atoms with Crippen molar-refractivity contribution in [1.29, 1.82) is 0 Å². The summed E-state index contributed by atoms with van der Waals surface area (Å²) in [6.45, 7) is 0. The molecular formula is C12H9Cl3OS. The van der Waals surface area contributed by atoms with Crippen LogP contribution in [0.5, 0.6) is 0 Å². The lowest BCUT2D eigenvalue weighted by atomic mass is 10.4. The van der Waals surface area contributed by atoms with Gasteiger partial charge in [-0.2, -0.15) is 0 Å². The van der Waals surface area contributed by atoms with Crippen molar-refractivity contribution >= 4 is 46.4 Å². The Hall–Kier alpha value is -0.540. The normalized spacial score (nSPS) is 10.1. The van der Waals surface area contributed by atoms with Crippen molar-refractivity contribution in [1.82, 2.24) is 0 Å². The van der Waals surface area contributed by atoms with Gasteiger partial charge >= 0.3 is 0 Å². The fraction of sp³-hybridized carbons (Fsp3) is 0. The van der Waals surface area contributed by atoms with Crippen molar-refractivity contribution in [2.75, 3.05) is 0 Å². The highest BCUT2D eigenvalue weighted by molar-refractivity contribution is 7.85. The molecule has 0 aliphatic carbocycles. The Morgan fingerprint density at radius 1 is 0.706 bits per heavy atom. The zero-order valence-electron chi connectivity index (χ0n) is 8.60. The van der Waals surface area contributed by atoms with Crippen LogP contribution in [-0.4, -0.2) is 4.21 Å². The molecule has 5 heteroatoms. The van der Waals surface area contributed by atoms with Gasteiger partial charge in [-0.05, 0) is 48.5 Å². The largest absolute Gasteiger partial charge is 0.249 e. The molecular weight excluding hydrogens is 299 g/mol. The minimum atomic E-state index is -1.18. The van der Waals surface area contributed by atoms with E-state index in [0.717, 1.165) is 9.79 Å². The van der Waals surface area contributed by atoms with Gasteiger partial charge in [-0.15, -0.1) is 12.4 Å². The molecule has 2 aromatic carbocycles. The van der Waals surface area contributed by atoms with E-state index in [9.17, 15) is 4.21 Å². The molecule has 0 spiro atoms. The number of rotatable bonds is 2. The molecule has 0 N–H and O–H groups in total. The molecule has 0 bridgehead atoms. The van der Waals surface area contributed by atoms with Crippen molar-refractivity contribution in [2.45, 2.75) is 9.79 Å². The van der Waals surface area contributed by atoms with Crippen LogP contribution < -0.4 is 0 Å². The highest BCUT2D eigenvalue weighted by Crippen LogP contribution is 2.20. The van der Waals surface area contributed by atoms with E-state index in [4.69, 9.17) is 23.2 Å². The van der Waals surface area contributed by atoms with E-state index in [1.54, 1.807) is 48.5 Å². The van der Waals surface area contributed by atoms with Crippen molar-refractivity contribution in [3.63, 3.8) is 0 Å². The smallest absolute Gasteiger partial charge is 0.0849 e. The predicted octanol–water partition coefficient (Wildman–Crippen LogP) is 4.58. The third-order valence-corrected chi connectivity index (χ3v) is 3.96. The monoisotopic (exact) mass is 306 g/mol. The zero-order valence-corrected chi connectivity index (χ0v) is 11.7. The number of hydrogen-bond acceptors (Lipinski definition) is 1. The van der Waals surface area contributed by atoms with Gasteiger partial charge in [0.1, 0.15) is 0 Å². The van der Waals surface area contributed by atoms with Gasteiger partial charge in [-0.25, -0.2) is 4.21 Å². The second-order valence-corrected chi connectivity index (χ2v) is 5.53. The summed E-state index contributed by atoms with van der Waals surface area (Å²) in [5.74, 6) is 0. The van der Waals surface area contributed by atoms with Gasteiger partial charge in [0.05, 0.1) is 10.8 Å². The van der Waals surface area contributed by atoms with Crippen LogP contribution in [0.3, 0.4) is 0 Å². The first kappa shape index (κ1) is 14.5. The molecule has 0 aliphatic heterocycles. The maximum atomic E-state index is 12.1. The minimum Gasteiger partial charge on any atom is -0.249 e. The molecule has 0 amide bonds. The van der Waals surface area contributed by atoms with E-state index in [1.807, 2.05) is 0 Å². The molecule has 0 saturated heterocycles. The van der Waals surface area contributed by atoms with Gasteiger partial charge in [0, 0.05) is 19.8 Å². The topological polar surface area (TPSA) is 17.1 Å². The zero-order chi connectivity index (χ0) is 11.5. The summed E-state index contributed by atoms with van der Waals surface area (Å²) in [5, 5.41) is 1.27. The molecule has 0 saturated carbocycles. The van der Waals surface area contributed by atoms with Crippen LogP contribution in [0.2, 0.25) is 10.0 Å². The first-order chi connectivity index (χ1) is 7.66. The average Bonchev–Trinajstić information content (AvgIpc) is 2.30. The third-order valence-electron chi connectivity index (χ3n) is 2.06. The Labute approximate surface area is 119 Å². The lowest BCUT2D eigenvalue weighted by Gasteiger charge is -2.02. The summed E-state index contributed by atoms with van der Waals surface area (Å²) in [4.78, 5) is 1.46. The summed E-state index contributed by atoms with van der Waals surface area (Å²) >= 11 is 11.5. The predicted molar refractivity (Wildman–Crippen MR) is 74.8 cm³/mol. The Kier molecular flexibility index (Phi) is 5.47. The quantitative estimate of drug-likeness (QED) is 0.793. The van der Waals surface area contributed by atoms with Crippen molar-refractivity contribution in [3.8, 4) is 0 Å². The van der Waals surface area contributed by atoms with Gasteiger partial charge < -0.3 is 0 Å². The summed E-state index contributed by atoms with van der Waals surface area (Å²) < 4.78 is 12.1. The maximum Gasteiger partial charge on any atom is 0.0849 e. The van der Waals surface area contributed by atoms with Crippen LogP contribution >= 0.6 is 35.6 Å². The van der Waals surface area contributed by atoms with E-state index in [2.05, 4.69) is 0 Å². The molecule has 0 fully saturated rings. The van der Waals surface area contributed by atoms with Crippen molar-refractivity contribution in [3.05, 3.63) is 58.6 Å². The van der Waals surface area contributed by atoms with Gasteiger partial charge in [-0.3, -0.25) is 0 Å². The van der Waals surface area contributed by atoms with E-state index in [1.165, 1.54) is 0 Å². The fourth-order valence-corrected chi connectivity index (χ4v) is 2.54. The molecule has 0 aliphatic rings. The lowest BCUT2D eigenvalue weighted by molar-refractivity contribution is 0.683. The Morgan fingerprint density at radius 3 is 1.29 bits per heavy atom. The third kappa shape index (κ3) is 3.71. The van der Waals surface area contributed by atoms with Crippen LogP contribution in [0.25, 0.3) is 0 Å². The second-order valence-electron chi connectivity index (χ2n) is 3.18. The van der Waals surface area contributed by atoms with E-state index >= 15 is 0 Å². The molecule has 0 atom stereocenters. The highest BCUT2D eigenvalue weighted by Gasteiger charge is 2.06. The number of halogens is 3. The second kappa shape index (κ2) is 6.41. The SMILES string of the molecule is Cl.O=S(c1ccc(Cl)cc1)c1ccc(Cl)cc1. The fourth-order valence-electron chi connectivity index (χ4n) is 1.25. The molecule has 0 aromatic heterocycles. The first-order valence-corrected chi connectivity index (χ1v) is 6.50. The van der Waals surface area contributed by atoms with Gasteiger partial charge in [-0.1, -0.05) is 23.2 Å². The van der Waals surface area contributed by atoms with Gasteiger partial charge in [0.15, 0.2) is 0 Å². The molecule has 2 aromatic rings. The van der Waals surface area contributed by atoms with E-state index < -0.39 is 10.8 Å². The molecule has 0 radical (unpaired) electrons. The molecule has 1 nitrogen and oxygen atoms in total. The van der Waals surface area contributed by atoms with E-state index in [0.29, 0.717) is 10.0 Å². The average molecular weight is 308 g/mol. The Morgan fingerprint density at radius 2 is 1.00 bits per heavy atom. The summed E-state index contributed by atoms with van der Waals surface area (Å²) in [6.07, 6.45) is 0. The van der Waals surface area contributed by atoms with Crippen LogP contribution in [-0.2, 0) is 10.8 Å². The summed E-state index contributed by atoms with van der Waals surface area (Å²) in [5.41, 5.74) is 0. The Balaban J connectivity index is 0.00000144. The van der Waals surface area contributed by atoms with Crippen LogP contribution in [0, 0.1) is 0 Å². The molecule has 0 heterocycles.